The monoisotopic (exact) mass is 263 g/mol. The summed E-state index contributed by atoms with van der Waals surface area (Å²) in [6, 6.07) is 4.67. The van der Waals surface area contributed by atoms with Gasteiger partial charge in [-0.25, -0.2) is 14.3 Å². The molecule has 2 rings (SSSR count). The van der Waals surface area contributed by atoms with Crippen molar-refractivity contribution >= 4 is 5.97 Å². The molecule has 0 bridgehead atoms. The van der Waals surface area contributed by atoms with Gasteiger partial charge in [0.05, 0.1) is 13.7 Å². The van der Waals surface area contributed by atoms with Gasteiger partial charge in [-0.05, 0) is 17.7 Å². The molecule has 1 aromatic heterocycles. The fourth-order valence-corrected chi connectivity index (χ4v) is 1.71. The van der Waals surface area contributed by atoms with Crippen molar-refractivity contribution in [1.29, 1.82) is 0 Å². The Morgan fingerprint density at radius 3 is 2.74 bits per heavy atom. The van der Waals surface area contributed by atoms with E-state index in [0.717, 1.165) is 5.56 Å². The average Bonchev–Trinajstić information content (AvgIpc) is 2.70. The molecule has 1 aromatic carbocycles. The van der Waals surface area contributed by atoms with Gasteiger partial charge in [-0.3, -0.25) is 4.57 Å². The number of hydrogen-bond donors (Lipinski definition) is 1. The molecule has 19 heavy (non-hydrogen) atoms. The molecule has 0 radical (unpaired) electrons. The molecule has 0 aliphatic rings. The minimum atomic E-state index is -1.06. The normalized spacial score (nSPS) is 10.4. The van der Waals surface area contributed by atoms with Crippen LogP contribution in [0.25, 0.3) is 0 Å². The molecule has 0 saturated heterocycles. The number of aryl methyl sites for hydroxylation is 1. The van der Waals surface area contributed by atoms with Gasteiger partial charge in [-0.2, -0.15) is 5.10 Å². The van der Waals surface area contributed by atoms with Crippen LogP contribution in [0.3, 0.4) is 0 Å². The van der Waals surface area contributed by atoms with E-state index >= 15 is 0 Å². The number of ether oxygens (including phenoxy) is 1. The maximum Gasteiger partial charge on any atom is 0.345 e. The summed E-state index contributed by atoms with van der Waals surface area (Å²) in [5, 5.41) is 12.9. The topological polar surface area (TPSA) is 86.4 Å². The zero-order valence-electron chi connectivity index (χ0n) is 10.5. The van der Waals surface area contributed by atoms with Crippen molar-refractivity contribution in [3.05, 3.63) is 46.1 Å². The largest absolute Gasteiger partial charge is 0.496 e. The lowest BCUT2D eigenvalue weighted by Crippen LogP contribution is -2.23. The Balaban J connectivity index is 2.34. The van der Waals surface area contributed by atoms with Gasteiger partial charge in [0, 0.05) is 7.05 Å². The zero-order chi connectivity index (χ0) is 14.0. The van der Waals surface area contributed by atoms with Gasteiger partial charge in [0.1, 0.15) is 17.6 Å². The lowest BCUT2D eigenvalue weighted by atomic mass is 10.1. The van der Waals surface area contributed by atoms with Gasteiger partial charge in [0.25, 0.3) is 0 Å². The van der Waals surface area contributed by atoms with E-state index in [1.54, 1.807) is 19.2 Å². The number of nitrogens with zero attached hydrogens (tertiary/aromatic N) is 3. The van der Waals surface area contributed by atoms with E-state index in [0.29, 0.717) is 0 Å². The fraction of sp³-hybridized carbons (Fsp3) is 0.250. The van der Waals surface area contributed by atoms with Gasteiger partial charge in [0.2, 0.25) is 0 Å². The van der Waals surface area contributed by atoms with Gasteiger partial charge < -0.3 is 9.84 Å². The third-order valence-electron chi connectivity index (χ3n) is 2.72. The maximum absolute atomic E-state index is 11.6. The van der Waals surface area contributed by atoms with E-state index in [1.807, 2.05) is 0 Å². The molecule has 0 aliphatic heterocycles. The molecule has 0 atom stereocenters. The highest BCUT2D eigenvalue weighted by atomic mass is 16.5. The van der Waals surface area contributed by atoms with E-state index in [4.69, 9.17) is 9.84 Å². The summed E-state index contributed by atoms with van der Waals surface area (Å²) in [7, 11) is 3.01. The summed E-state index contributed by atoms with van der Waals surface area (Å²) >= 11 is 0. The van der Waals surface area contributed by atoms with Crippen LogP contribution in [-0.2, 0) is 13.6 Å². The predicted octanol–water partition coefficient (Wildman–Crippen LogP) is 0.337. The average molecular weight is 263 g/mol. The smallest absolute Gasteiger partial charge is 0.345 e. The quantitative estimate of drug-likeness (QED) is 0.859. The van der Waals surface area contributed by atoms with Crippen LogP contribution in [0.2, 0.25) is 0 Å². The number of rotatable bonds is 4. The third-order valence-corrected chi connectivity index (χ3v) is 2.72. The maximum atomic E-state index is 11.6. The molecule has 0 amide bonds. The molecule has 100 valence electrons. The van der Waals surface area contributed by atoms with Crippen molar-refractivity contribution in [1.82, 2.24) is 14.3 Å². The molecule has 7 nitrogen and oxygen atoms in total. The minimum absolute atomic E-state index is 0.0830. The SMILES string of the molecule is COc1cc(Cn2ncn(C)c2=O)ccc1C(=O)O. The van der Waals surface area contributed by atoms with E-state index in [2.05, 4.69) is 5.10 Å². The fourth-order valence-electron chi connectivity index (χ4n) is 1.71. The number of methoxy groups -OCH3 is 1. The Kier molecular flexibility index (Phi) is 3.37. The third kappa shape index (κ3) is 2.49. The molecule has 0 saturated carbocycles. The number of hydrogen-bond acceptors (Lipinski definition) is 4. The summed E-state index contributed by atoms with van der Waals surface area (Å²) in [5.41, 5.74) is 0.587. The minimum Gasteiger partial charge on any atom is -0.496 e. The van der Waals surface area contributed by atoms with Crippen molar-refractivity contribution in [2.24, 2.45) is 7.05 Å². The summed E-state index contributed by atoms with van der Waals surface area (Å²) in [6.45, 7) is 0.260. The van der Waals surface area contributed by atoms with Crippen LogP contribution < -0.4 is 10.4 Å². The van der Waals surface area contributed by atoms with Crippen LogP contribution in [0, 0.1) is 0 Å². The van der Waals surface area contributed by atoms with Crippen LogP contribution in [0.4, 0.5) is 0 Å². The number of aromatic nitrogens is 3. The van der Waals surface area contributed by atoms with Gasteiger partial charge in [-0.15, -0.1) is 0 Å². The number of carboxylic acid groups (broad SMARTS) is 1. The summed E-state index contributed by atoms with van der Waals surface area (Å²) < 4.78 is 7.68. The second kappa shape index (κ2) is 4.97. The Bertz CT molecular complexity index is 672. The molecule has 1 N–H and O–H groups in total. The lowest BCUT2D eigenvalue weighted by molar-refractivity contribution is 0.0693. The van der Waals surface area contributed by atoms with Gasteiger partial charge in [-0.1, -0.05) is 6.07 Å². The highest BCUT2D eigenvalue weighted by Gasteiger charge is 2.12. The van der Waals surface area contributed by atoms with Crippen LogP contribution in [-0.4, -0.2) is 32.5 Å². The van der Waals surface area contributed by atoms with E-state index in [-0.39, 0.29) is 23.5 Å². The van der Waals surface area contributed by atoms with Crippen LogP contribution in [0.5, 0.6) is 5.75 Å². The lowest BCUT2D eigenvalue weighted by Gasteiger charge is -2.07. The first-order valence-electron chi connectivity index (χ1n) is 5.51. The van der Waals surface area contributed by atoms with Gasteiger partial charge in [0.15, 0.2) is 0 Å². The molecule has 0 fully saturated rings. The Labute approximate surface area is 108 Å². The predicted molar refractivity (Wildman–Crippen MR) is 66.5 cm³/mol. The zero-order valence-corrected chi connectivity index (χ0v) is 10.5. The number of aromatic carboxylic acids is 1. The van der Waals surface area contributed by atoms with Crippen LogP contribution in [0.1, 0.15) is 15.9 Å². The molecular weight excluding hydrogens is 250 g/mol. The highest BCUT2D eigenvalue weighted by molar-refractivity contribution is 5.90. The van der Waals surface area contributed by atoms with Crippen molar-refractivity contribution in [3.8, 4) is 5.75 Å². The Hall–Kier alpha value is -2.57. The first-order chi connectivity index (χ1) is 9.02. The van der Waals surface area contributed by atoms with Crippen molar-refractivity contribution in [2.45, 2.75) is 6.54 Å². The van der Waals surface area contributed by atoms with Crippen molar-refractivity contribution < 1.29 is 14.6 Å². The molecule has 0 unspecified atom stereocenters. The van der Waals surface area contributed by atoms with Crippen LogP contribution >= 0.6 is 0 Å². The van der Waals surface area contributed by atoms with Gasteiger partial charge >= 0.3 is 11.7 Å². The summed E-state index contributed by atoms with van der Waals surface area (Å²) in [5.74, 6) is -0.799. The second-order valence-corrected chi connectivity index (χ2v) is 4.02. The molecule has 7 heteroatoms. The molecule has 1 heterocycles. The van der Waals surface area contributed by atoms with E-state index in [1.165, 1.54) is 28.8 Å². The Morgan fingerprint density at radius 1 is 1.47 bits per heavy atom. The molecule has 0 spiro atoms. The Morgan fingerprint density at radius 2 is 2.21 bits per heavy atom. The van der Waals surface area contributed by atoms with Crippen LogP contribution in [0.15, 0.2) is 29.3 Å². The first kappa shape index (κ1) is 12.9. The van der Waals surface area contributed by atoms with Crippen molar-refractivity contribution in [2.75, 3.05) is 7.11 Å². The second-order valence-electron chi connectivity index (χ2n) is 4.02. The van der Waals surface area contributed by atoms with E-state index < -0.39 is 5.97 Å². The molecule has 0 aliphatic carbocycles. The summed E-state index contributed by atoms with van der Waals surface area (Å²) in [4.78, 5) is 22.6. The molecule has 2 aromatic rings. The van der Waals surface area contributed by atoms with Crippen molar-refractivity contribution in [3.63, 3.8) is 0 Å². The highest BCUT2D eigenvalue weighted by Crippen LogP contribution is 2.20. The number of carboxylic acids is 1. The standard InChI is InChI=1S/C12H13N3O4/c1-14-7-13-15(12(14)18)6-8-3-4-9(11(16)17)10(5-8)19-2/h3-5,7H,6H2,1-2H3,(H,16,17). The number of carbonyl (C=O) groups is 1. The first-order valence-corrected chi connectivity index (χ1v) is 5.51. The molecular formula is C12H13N3O4. The summed E-state index contributed by atoms with van der Waals surface area (Å²) in [6.07, 6.45) is 1.42. The van der Waals surface area contributed by atoms with E-state index in [9.17, 15) is 9.59 Å². The number of benzene rings is 1.